The number of ether oxygens (including phenoxy) is 1. The predicted molar refractivity (Wildman–Crippen MR) is 82.0 cm³/mol. The van der Waals surface area contributed by atoms with E-state index in [1.807, 2.05) is 6.07 Å². The van der Waals surface area contributed by atoms with Gasteiger partial charge in [-0.1, -0.05) is 13.8 Å². The van der Waals surface area contributed by atoms with Gasteiger partial charge >= 0.3 is 5.97 Å². The number of nitriles is 1. The molecule has 0 saturated carbocycles. The second-order valence-corrected chi connectivity index (χ2v) is 5.86. The van der Waals surface area contributed by atoms with Crippen LogP contribution >= 0.6 is 11.3 Å². The number of anilines is 2. The monoisotopic (exact) mass is 295 g/mol. The number of esters is 1. The maximum Gasteiger partial charge on any atom is 0.343 e. The van der Waals surface area contributed by atoms with Crippen molar-refractivity contribution in [1.82, 2.24) is 0 Å². The average Bonchev–Trinajstić information content (AvgIpc) is 2.71. The van der Waals surface area contributed by atoms with Crippen LogP contribution in [0.15, 0.2) is 0 Å². The van der Waals surface area contributed by atoms with Crippen LogP contribution in [0.4, 0.5) is 10.7 Å². The Hall–Kier alpha value is -1.74. The highest BCUT2D eigenvalue weighted by molar-refractivity contribution is 7.17. The number of rotatable bonds is 7. The van der Waals surface area contributed by atoms with E-state index in [9.17, 15) is 4.79 Å². The van der Waals surface area contributed by atoms with Gasteiger partial charge < -0.3 is 15.8 Å². The molecule has 20 heavy (non-hydrogen) atoms. The molecule has 0 aromatic carbocycles. The van der Waals surface area contributed by atoms with Gasteiger partial charge in [-0.2, -0.15) is 5.26 Å². The van der Waals surface area contributed by atoms with Crippen LogP contribution in [-0.4, -0.2) is 19.1 Å². The van der Waals surface area contributed by atoms with Crippen molar-refractivity contribution >= 4 is 28.0 Å². The molecule has 0 fully saturated rings. The molecule has 1 aromatic rings. The second kappa shape index (κ2) is 7.75. The van der Waals surface area contributed by atoms with E-state index in [2.05, 4.69) is 19.2 Å². The van der Waals surface area contributed by atoms with Gasteiger partial charge in [0.2, 0.25) is 0 Å². The number of nitrogens with two attached hydrogens (primary N) is 1. The van der Waals surface area contributed by atoms with E-state index in [0.717, 1.165) is 19.4 Å². The van der Waals surface area contributed by atoms with Crippen LogP contribution in [0.25, 0.3) is 0 Å². The molecule has 6 heteroatoms. The third-order valence-corrected chi connectivity index (χ3v) is 3.84. The van der Waals surface area contributed by atoms with Crippen LogP contribution in [0, 0.1) is 17.2 Å². The fourth-order valence-corrected chi connectivity index (χ4v) is 2.70. The SMILES string of the molecule is CCOC(=O)c1c(NCCCC(C)C)sc(C#N)c1N. The predicted octanol–water partition coefficient (Wildman–Crippen LogP) is 3.23. The van der Waals surface area contributed by atoms with Gasteiger partial charge in [-0.15, -0.1) is 11.3 Å². The molecule has 0 aliphatic heterocycles. The lowest BCUT2D eigenvalue weighted by Gasteiger charge is -2.08. The molecule has 0 aliphatic rings. The topological polar surface area (TPSA) is 88.1 Å². The van der Waals surface area contributed by atoms with Crippen LogP contribution < -0.4 is 11.1 Å². The van der Waals surface area contributed by atoms with Crippen molar-refractivity contribution in [3.05, 3.63) is 10.4 Å². The highest BCUT2D eigenvalue weighted by Crippen LogP contribution is 2.35. The number of hydrogen-bond donors (Lipinski definition) is 2. The van der Waals surface area contributed by atoms with Gasteiger partial charge in [0.15, 0.2) is 0 Å². The first-order valence-electron chi connectivity index (χ1n) is 6.74. The molecule has 1 aromatic heterocycles. The third kappa shape index (κ3) is 4.14. The van der Waals surface area contributed by atoms with Crippen molar-refractivity contribution in [2.45, 2.75) is 33.6 Å². The highest BCUT2D eigenvalue weighted by atomic mass is 32.1. The lowest BCUT2D eigenvalue weighted by Crippen LogP contribution is -2.10. The highest BCUT2D eigenvalue weighted by Gasteiger charge is 2.22. The van der Waals surface area contributed by atoms with E-state index >= 15 is 0 Å². The average molecular weight is 295 g/mol. The van der Waals surface area contributed by atoms with Crippen molar-refractivity contribution in [3.8, 4) is 6.07 Å². The lowest BCUT2D eigenvalue weighted by molar-refractivity contribution is 0.0529. The van der Waals surface area contributed by atoms with E-state index in [1.165, 1.54) is 11.3 Å². The molecule has 0 unspecified atom stereocenters. The molecule has 0 spiro atoms. The lowest BCUT2D eigenvalue weighted by atomic mass is 10.1. The van der Waals surface area contributed by atoms with Crippen LogP contribution in [0.2, 0.25) is 0 Å². The smallest absolute Gasteiger partial charge is 0.343 e. The molecule has 0 bridgehead atoms. The Morgan fingerprint density at radius 3 is 2.80 bits per heavy atom. The van der Waals surface area contributed by atoms with Gasteiger partial charge in [-0.25, -0.2) is 4.79 Å². The van der Waals surface area contributed by atoms with E-state index in [0.29, 0.717) is 15.8 Å². The molecule has 0 amide bonds. The second-order valence-electron chi connectivity index (χ2n) is 4.84. The third-order valence-electron chi connectivity index (χ3n) is 2.77. The molecule has 3 N–H and O–H groups in total. The molecule has 0 radical (unpaired) electrons. The summed E-state index contributed by atoms with van der Waals surface area (Å²) in [4.78, 5) is 12.3. The Balaban J connectivity index is 2.83. The number of nitrogens with one attached hydrogen (secondary N) is 1. The number of nitrogen functional groups attached to an aromatic ring is 1. The van der Waals surface area contributed by atoms with Gasteiger partial charge in [-0.3, -0.25) is 0 Å². The molecular weight excluding hydrogens is 274 g/mol. The van der Waals surface area contributed by atoms with Gasteiger partial charge in [0.1, 0.15) is 21.5 Å². The molecule has 0 aliphatic carbocycles. The van der Waals surface area contributed by atoms with Gasteiger partial charge in [-0.05, 0) is 25.7 Å². The summed E-state index contributed by atoms with van der Waals surface area (Å²) in [6.07, 6.45) is 2.10. The normalized spacial score (nSPS) is 10.3. The van der Waals surface area contributed by atoms with Gasteiger partial charge in [0.05, 0.1) is 12.3 Å². The molecule has 1 rings (SSSR count). The summed E-state index contributed by atoms with van der Waals surface area (Å²) in [7, 11) is 0. The number of hydrogen-bond acceptors (Lipinski definition) is 6. The molecule has 0 saturated heterocycles. The molecular formula is C14H21N3O2S. The first-order chi connectivity index (χ1) is 9.51. The number of thiophene rings is 1. The Labute approximate surface area is 123 Å². The standard InChI is InChI=1S/C14H21N3O2S/c1-4-19-14(18)11-12(16)10(8-15)20-13(11)17-7-5-6-9(2)3/h9,17H,4-7,16H2,1-3H3. The summed E-state index contributed by atoms with van der Waals surface area (Å²) in [6, 6.07) is 2.01. The van der Waals surface area contributed by atoms with Gasteiger partial charge in [0.25, 0.3) is 0 Å². The zero-order valence-electron chi connectivity index (χ0n) is 12.2. The van der Waals surface area contributed by atoms with Crippen LogP contribution in [0.5, 0.6) is 0 Å². The van der Waals surface area contributed by atoms with Crippen molar-refractivity contribution < 1.29 is 9.53 Å². The zero-order valence-corrected chi connectivity index (χ0v) is 13.0. The summed E-state index contributed by atoms with van der Waals surface area (Å²) >= 11 is 1.20. The van der Waals surface area contributed by atoms with E-state index in [4.69, 9.17) is 15.7 Å². The minimum absolute atomic E-state index is 0.210. The number of carbonyl (C=O) groups excluding carboxylic acids is 1. The number of carbonyl (C=O) groups is 1. The number of nitrogens with zero attached hydrogens (tertiary/aromatic N) is 1. The van der Waals surface area contributed by atoms with Crippen LogP contribution in [-0.2, 0) is 4.74 Å². The van der Waals surface area contributed by atoms with Crippen LogP contribution in [0.3, 0.4) is 0 Å². The Kier molecular flexibility index (Phi) is 6.32. The zero-order chi connectivity index (χ0) is 15.1. The maximum atomic E-state index is 11.9. The van der Waals surface area contributed by atoms with E-state index < -0.39 is 5.97 Å². The largest absolute Gasteiger partial charge is 0.462 e. The Bertz CT molecular complexity index is 503. The van der Waals surface area contributed by atoms with Crippen LogP contribution in [0.1, 0.15) is 48.8 Å². The fraction of sp³-hybridized carbons (Fsp3) is 0.571. The molecule has 110 valence electrons. The van der Waals surface area contributed by atoms with Crippen molar-refractivity contribution in [2.24, 2.45) is 5.92 Å². The summed E-state index contributed by atoms with van der Waals surface area (Å²) in [6.45, 7) is 7.10. The molecule has 0 atom stereocenters. The van der Waals surface area contributed by atoms with E-state index in [1.54, 1.807) is 6.92 Å². The fourth-order valence-electron chi connectivity index (χ4n) is 1.77. The summed E-state index contributed by atoms with van der Waals surface area (Å²) in [5, 5.41) is 12.8. The maximum absolute atomic E-state index is 11.9. The summed E-state index contributed by atoms with van der Waals surface area (Å²) in [5.74, 6) is 0.165. The first-order valence-corrected chi connectivity index (χ1v) is 7.56. The molecule has 5 nitrogen and oxygen atoms in total. The Morgan fingerprint density at radius 1 is 1.55 bits per heavy atom. The van der Waals surface area contributed by atoms with Crippen molar-refractivity contribution in [3.63, 3.8) is 0 Å². The van der Waals surface area contributed by atoms with Gasteiger partial charge in [0, 0.05) is 6.54 Å². The molecule has 1 heterocycles. The Morgan fingerprint density at radius 2 is 2.25 bits per heavy atom. The van der Waals surface area contributed by atoms with E-state index in [-0.39, 0.29) is 17.9 Å². The summed E-state index contributed by atoms with van der Waals surface area (Å²) < 4.78 is 4.99. The first kappa shape index (κ1) is 16.3. The summed E-state index contributed by atoms with van der Waals surface area (Å²) in [5.41, 5.74) is 6.35. The van der Waals surface area contributed by atoms with Crippen molar-refractivity contribution in [2.75, 3.05) is 24.2 Å². The quantitative estimate of drug-likeness (QED) is 0.595. The van der Waals surface area contributed by atoms with Crippen molar-refractivity contribution in [1.29, 1.82) is 5.26 Å². The minimum atomic E-state index is -0.478. The minimum Gasteiger partial charge on any atom is -0.462 e.